The maximum absolute atomic E-state index is 13.6. The summed E-state index contributed by atoms with van der Waals surface area (Å²) in [6.07, 6.45) is -4.54. The van der Waals surface area contributed by atoms with Gasteiger partial charge in [0.05, 0.1) is 29.0 Å². The van der Waals surface area contributed by atoms with Gasteiger partial charge in [-0.25, -0.2) is 22.5 Å². The normalized spacial score (nSPS) is 16.9. The summed E-state index contributed by atoms with van der Waals surface area (Å²) in [7, 11) is -3.87. The third kappa shape index (κ3) is 9.72. The predicted molar refractivity (Wildman–Crippen MR) is 181 cm³/mol. The summed E-state index contributed by atoms with van der Waals surface area (Å²) in [5.41, 5.74) is 2.99. The number of carboxylic acid groups (broad SMARTS) is 1. The third-order valence-electron chi connectivity index (χ3n) is 7.87. The molecule has 1 aliphatic rings. The fourth-order valence-electron chi connectivity index (χ4n) is 5.70. The van der Waals surface area contributed by atoms with Crippen molar-refractivity contribution in [2.24, 2.45) is 0 Å². The molecule has 0 spiro atoms. The number of aromatic amines is 1. The number of alkyl halides is 3. The Morgan fingerprint density at radius 1 is 0.922 bits per heavy atom. The summed E-state index contributed by atoms with van der Waals surface area (Å²) in [4.78, 5) is 55.3. The second-order valence-corrected chi connectivity index (χ2v) is 14.9. The Morgan fingerprint density at radius 2 is 1.49 bits per heavy atom. The maximum Gasteiger partial charge on any atom is 0.490 e. The number of hydrogen-bond acceptors (Lipinski definition) is 7. The number of para-hydroxylation sites is 2. The van der Waals surface area contributed by atoms with Gasteiger partial charge < -0.3 is 20.7 Å². The molecule has 4 aromatic rings. The first-order valence-electron chi connectivity index (χ1n) is 15.8. The average molecular weight is 730 g/mol. The summed E-state index contributed by atoms with van der Waals surface area (Å²) in [5, 5.41) is 12.0. The maximum atomic E-state index is 13.6. The molecule has 3 amide bonds. The van der Waals surface area contributed by atoms with E-state index in [1.165, 1.54) is 6.92 Å². The number of benzene rings is 3. The van der Waals surface area contributed by atoms with E-state index in [0.717, 1.165) is 26.5 Å². The van der Waals surface area contributed by atoms with Crippen LogP contribution in [-0.4, -0.2) is 69.2 Å². The van der Waals surface area contributed by atoms with Gasteiger partial charge in [-0.1, -0.05) is 66.7 Å². The number of halogens is 3. The Hall–Kier alpha value is -5.25. The van der Waals surface area contributed by atoms with E-state index >= 15 is 0 Å². The highest BCUT2D eigenvalue weighted by Crippen LogP contribution is 2.40. The largest absolute Gasteiger partial charge is 0.490 e. The lowest BCUT2D eigenvalue weighted by Gasteiger charge is -2.30. The highest BCUT2D eigenvalue weighted by Gasteiger charge is 2.49. The van der Waals surface area contributed by atoms with Gasteiger partial charge in [-0.15, -0.1) is 0 Å². The molecule has 51 heavy (non-hydrogen) atoms. The standard InChI is InChI=1S/C33H37N5O5S.C2HF3O2/c1-21(39)34-28(19-22-10-6-5-7-11-22)32(41)37-27(31-35-25-12-8-9-13-26(25)36-31)18-23-14-16-24(17-15-23)29-20-30(40)38(33(2,3)4)44(29,42)43;3-2(4,5)1(6)7/h5-17,27-29H,18-20H2,1-4H3,(H,34,39)(H,35,36)(H,37,41);(H,6,7)/t27-,28-,29-;/m0./s1. The molecule has 1 fully saturated rings. The van der Waals surface area contributed by atoms with Gasteiger partial charge in [0, 0.05) is 13.3 Å². The van der Waals surface area contributed by atoms with Gasteiger partial charge in [-0.05, 0) is 56.0 Å². The molecule has 2 heterocycles. The number of sulfonamides is 1. The molecule has 3 atom stereocenters. The van der Waals surface area contributed by atoms with Crippen LogP contribution in [0.3, 0.4) is 0 Å². The zero-order valence-corrected chi connectivity index (χ0v) is 29.0. The minimum atomic E-state index is -5.08. The molecule has 1 saturated heterocycles. The molecule has 0 aliphatic carbocycles. The Balaban J connectivity index is 0.000000755. The lowest BCUT2D eigenvalue weighted by atomic mass is 10.00. The number of carboxylic acids is 1. The Labute approximate surface area is 292 Å². The van der Waals surface area contributed by atoms with Crippen molar-refractivity contribution >= 4 is 44.7 Å². The molecule has 1 aromatic heterocycles. The third-order valence-corrected chi connectivity index (χ3v) is 10.3. The van der Waals surface area contributed by atoms with E-state index in [4.69, 9.17) is 14.9 Å². The highest BCUT2D eigenvalue weighted by atomic mass is 32.2. The first kappa shape index (κ1) is 38.6. The van der Waals surface area contributed by atoms with Crippen LogP contribution in [0.25, 0.3) is 11.0 Å². The van der Waals surface area contributed by atoms with Crippen LogP contribution >= 0.6 is 0 Å². The number of nitrogens with one attached hydrogen (secondary N) is 3. The van der Waals surface area contributed by atoms with E-state index < -0.39 is 50.9 Å². The van der Waals surface area contributed by atoms with Gasteiger partial charge in [0.1, 0.15) is 17.1 Å². The van der Waals surface area contributed by atoms with Crippen LogP contribution in [0.2, 0.25) is 0 Å². The molecular formula is C35H38F3N5O7S. The molecule has 5 rings (SSSR count). The van der Waals surface area contributed by atoms with E-state index in [1.54, 1.807) is 32.9 Å². The van der Waals surface area contributed by atoms with Crippen molar-refractivity contribution in [3.05, 3.63) is 101 Å². The first-order valence-corrected chi connectivity index (χ1v) is 17.3. The first-order chi connectivity index (χ1) is 23.8. The topological polar surface area (TPSA) is 179 Å². The molecule has 16 heteroatoms. The van der Waals surface area contributed by atoms with E-state index in [0.29, 0.717) is 24.2 Å². The van der Waals surface area contributed by atoms with E-state index in [-0.39, 0.29) is 18.2 Å². The lowest BCUT2D eigenvalue weighted by molar-refractivity contribution is -0.192. The van der Waals surface area contributed by atoms with Crippen molar-refractivity contribution < 1.29 is 45.9 Å². The number of H-pyrrole nitrogens is 1. The van der Waals surface area contributed by atoms with Crippen molar-refractivity contribution in [1.29, 1.82) is 0 Å². The van der Waals surface area contributed by atoms with Gasteiger partial charge in [-0.3, -0.25) is 14.4 Å². The number of rotatable bonds is 9. The zero-order chi connectivity index (χ0) is 37.7. The predicted octanol–water partition coefficient (Wildman–Crippen LogP) is 4.75. The van der Waals surface area contributed by atoms with Crippen LogP contribution in [0, 0.1) is 0 Å². The second kappa shape index (κ2) is 15.3. The molecule has 0 unspecified atom stereocenters. The van der Waals surface area contributed by atoms with Crippen molar-refractivity contribution in [2.75, 3.05) is 0 Å². The number of aromatic nitrogens is 2. The number of carbonyl (C=O) groups excluding carboxylic acids is 3. The van der Waals surface area contributed by atoms with E-state index in [1.807, 2.05) is 66.7 Å². The Kier molecular flexibility index (Phi) is 11.6. The van der Waals surface area contributed by atoms with Crippen LogP contribution in [0.15, 0.2) is 78.9 Å². The van der Waals surface area contributed by atoms with Crippen molar-refractivity contribution in [3.8, 4) is 0 Å². The quantitative estimate of drug-likeness (QED) is 0.191. The fourth-order valence-corrected chi connectivity index (χ4v) is 7.93. The van der Waals surface area contributed by atoms with Crippen molar-refractivity contribution in [2.45, 2.75) is 76.0 Å². The molecule has 3 aromatic carbocycles. The number of nitrogens with zero attached hydrogens (tertiary/aromatic N) is 2. The Bertz CT molecular complexity index is 1960. The van der Waals surface area contributed by atoms with Gasteiger partial charge in [0.25, 0.3) is 0 Å². The van der Waals surface area contributed by atoms with Crippen molar-refractivity contribution in [3.63, 3.8) is 0 Å². The van der Waals surface area contributed by atoms with Gasteiger partial charge in [0.15, 0.2) is 0 Å². The molecule has 1 aliphatic heterocycles. The number of aliphatic carboxylic acids is 1. The molecule has 12 nitrogen and oxygen atoms in total. The summed E-state index contributed by atoms with van der Waals surface area (Å²) in [6, 6.07) is 22.7. The van der Waals surface area contributed by atoms with Crippen molar-refractivity contribution in [1.82, 2.24) is 24.9 Å². The second-order valence-electron chi connectivity index (χ2n) is 13.0. The number of hydrogen-bond donors (Lipinski definition) is 4. The van der Waals surface area contributed by atoms with Gasteiger partial charge >= 0.3 is 12.1 Å². The van der Waals surface area contributed by atoms with E-state index in [9.17, 15) is 36.0 Å². The summed E-state index contributed by atoms with van der Waals surface area (Å²) in [6.45, 7) is 6.49. The van der Waals surface area contributed by atoms with E-state index in [2.05, 4.69) is 15.6 Å². The van der Waals surface area contributed by atoms with Crippen LogP contribution < -0.4 is 10.6 Å². The molecule has 272 valence electrons. The molecule has 0 radical (unpaired) electrons. The van der Waals surface area contributed by atoms with Crippen LogP contribution in [0.5, 0.6) is 0 Å². The minimum Gasteiger partial charge on any atom is -0.475 e. The summed E-state index contributed by atoms with van der Waals surface area (Å²) >= 11 is 0. The molecule has 0 bridgehead atoms. The Morgan fingerprint density at radius 3 is 2.02 bits per heavy atom. The zero-order valence-electron chi connectivity index (χ0n) is 28.2. The molecular weight excluding hydrogens is 691 g/mol. The number of amides is 3. The average Bonchev–Trinajstić information content (AvgIpc) is 3.58. The van der Waals surface area contributed by atoms with Crippen LogP contribution in [-0.2, 0) is 42.0 Å². The number of fused-ring (bicyclic) bond motifs is 1. The van der Waals surface area contributed by atoms with Gasteiger partial charge in [-0.2, -0.15) is 13.2 Å². The smallest absolute Gasteiger partial charge is 0.475 e. The van der Waals surface area contributed by atoms with Gasteiger partial charge in [0.2, 0.25) is 27.7 Å². The summed E-state index contributed by atoms with van der Waals surface area (Å²) in [5.74, 6) is -3.29. The molecule has 0 saturated carbocycles. The van der Waals surface area contributed by atoms with Crippen LogP contribution in [0.4, 0.5) is 13.2 Å². The highest BCUT2D eigenvalue weighted by molar-refractivity contribution is 7.90. The number of imidazole rings is 1. The fraction of sp³-hybridized carbons (Fsp3) is 0.343. The SMILES string of the molecule is CC(=O)N[C@@H](Cc1ccccc1)C(=O)N[C@@H](Cc1ccc([C@@H]2CC(=O)N(C(C)(C)C)S2(=O)=O)cc1)c1nc2ccccc2[nH]1.O=C(O)C(F)(F)F. The lowest BCUT2D eigenvalue weighted by Crippen LogP contribution is -2.48. The van der Waals surface area contributed by atoms with Crippen LogP contribution in [0.1, 0.15) is 67.9 Å². The summed E-state index contributed by atoms with van der Waals surface area (Å²) < 4.78 is 59.3. The minimum absolute atomic E-state index is 0.109. The monoisotopic (exact) mass is 729 g/mol. The molecule has 4 N–H and O–H groups in total. The number of carbonyl (C=O) groups is 4.